The maximum absolute atomic E-state index is 12.6. The third kappa shape index (κ3) is 4.70. The molecule has 1 atom stereocenters. The first kappa shape index (κ1) is 19.7. The predicted octanol–water partition coefficient (Wildman–Crippen LogP) is 4.08. The van der Waals surface area contributed by atoms with Crippen LogP contribution in [0.15, 0.2) is 46.2 Å². The molecule has 1 aliphatic rings. The summed E-state index contributed by atoms with van der Waals surface area (Å²) < 4.78 is 11.5. The maximum atomic E-state index is 12.6. The van der Waals surface area contributed by atoms with Crippen molar-refractivity contribution in [2.45, 2.75) is 50.5 Å². The summed E-state index contributed by atoms with van der Waals surface area (Å²) >= 11 is 1.28. The Hall–Kier alpha value is -2.61. The zero-order chi connectivity index (χ0) is 20.1. The molecule has 0 N–H and O–H groups in total. The minimum absolute atomic E-state index is 0.138. The quantitative estimate of drug-likeness (QED) is 0.541. The van der Waals surface area contributed by atoms with E-state index in [1.807, 2.05) is 35.2 Å². The molecule has 0 spiro atoms. The number of rotatable bonds is 7. The van der Waals surface area contributed by atoms with E-state index in [9.17, 15) is 4.79 Å². The first-order chi connectivity index (χ1) is 14.2. The second-order valence-corrected chi connectivity index (χ2v) is 7.94. The highest BCUT2D eigenvalue weighted by Gasteiger charge is 2.25. The van der Waals surface area contributed by atoms with E-state index in [-0.39, 0.29) is 12.5 Å². The number of thioether (sulfide) groups is 1. The van der Waals surface area contributed by atoms with Gasteiger partial charge in [0.15, 0.2) is 6.61 Å². The summed E-state index contributed by atoms with van der Waals surface area (Å²) in [6.07, 6.45) is 6.12. The lowest BCUT2D eigenvalue weighted by molar-refractivity contribution is -0.132. The molecule has 0 aliphatic carbocycles. The topological polar surface area (TPSA) is 81.4 Å². The lowest BCUT2D eigenvalue weighted by Crippen LogP contribution is -2.44. The minimum atomic E-state index is 0.138. The van der Waals surface area contributed by atoms with Gasteiger partial charge >= 0.3 is 0 Å². The Bertz CT molecular complexity index is 972. The molecule has 1 saturated heterocycles. The van der Waals surface area contributed by atoms with Gasteiger partial charge in [-0.2, -0.15) is 0 Å². The van der Waals surface area contributed by atoms with Gasteiger partial charge in [0.1, 0.15) is 11.3 Å². The molecule has 8 heteroatoms. The SMILES string of the molecule is CCC1CCCCN1C(=O)CSc1nnc(COc2cccc3cccnc23)o1. The number of ether oxygens (including phenoxy) is 1. The summed E-state index contributed by atoms with van der Waals surface area (Å²) in [5, 5.41) is 9.45. The van der Waals surface area contributed by atoms with E-state index in [1.165, 1.54) is 18.2 Å². The smallest absolute Gasteiger partial charge is 0.277 e. The van der Waals surface area contributed by atoms with Crippen molar-refractivity contribution < 1.29 is 13.9 Å². The number of likely N-dealkylation sites (tertiary alicyclic amines) is 1. The number of nitrogens with zero attached hydrogens (tertiary/aromatic N) is 4. The number of carbonyl (C=O) groups excluding carboxylic acids is 1. The largest absolute Gasteiger partial charge is 0.482 e. The third-order valence-electron chi connectivity index (χ3n) is 5.13. The van der Waals surface area contributed by atoms with Gasteiger partial charge in [0.2, 0.25) is 5.91 Å². The number of fused-ring (bicyclic) bond motifs is 1. The zero-order valence-corrected chi connectivity index (χ0v) is 17.2. The summed E-state index contributed by atoms with van der Waals surface area (Å²) in [7, 11) is 0. The van der Waals surface area contributed by atoms with Crippen LogP contribution in [-0.4, -0.2) is 44.3 Å². The standard InChI is InChI=1S/C21H24N4O3S/c1-2-16-9-3-4-12-25(16)19(26)14-29-21-24-23-18(28-21)13-27-17-10-5-7-15-8-6-11-22-20(15)17/h5-8,10-11,16H,2-4,9,12-14H2,1H3. The molecule has 4 rings (SSSR count). The third-order valence-corrected chi connectivity index (χ3v) is 5.94. The van der Waals surface area contributed by atoms with Gasteiger partial charge in [-0.3, -0.25) is 9.78 Å². The molecule has 3 aromatic rings. The van der Waals surface area contributed by atoms with Crippen molar-refractivity contribution in [2.75, 3.05) is 12.3 Å². The van der Waals surface area contributed by atoms with Crippen LogP contribution in [0, 0.1) is 0 Å². The Kier molecular flexibility index (Phi) is 6.29. The molecule has 3 heterocycles. The van der Waals surface area contributed by atoms with Crippen LogP contribution >= 0.6 is 11.8 Å². The number of carbonyl (C=O) groups is 1. The number of hydrogen-bond acceptors (Lipinski definition) is 7. The van der Waals surface area contributed by atoms with Crippen molar-refractivity contribution in [1.82, 2.24) is 20.1 Å². The Morgan fingerprint density at radius 3 is 3.07 bits per heavy atom. The van der Waals surface area contributed by atoms with Crippen LogP contribution in [0.1, 0.15) is 38.5 Å². The second-order valence-electron chi connectivity index (χ2n) is 7.02. The molecule has 0 bridgehead atoms. The van der Waals surface area contributed by atoms with Gasteiger partial charge in [0, 0.05) is 24.2 Å². The van der Waals surface area contributed by atoms with Crippen LogP contribution < -0.4 is 4.74 Å². The highest BCUT2D eigenvalue weighted by atomic mass is 32.2. The average molecular weight is 413 g/mol. The lowest BCUT2D eigenvalue weighted by Gasteiger charge is -2.35. The van der Waals surface area contributed by atoms with E-state index >= 15 is 0 Å². The molecular formula is C21H24N4O3S. The fraction of sp³-hybridized carbons (Fsp3) is 0.429. The number of pyridine rings is 1. The summed E-state index contributed by atoms with van der Waals surface area (Å²) in [4.78, 5) is 18.9. The summed E-state index contributed by atoms with van der Waals surface area (Å²) in [6.45, 7) is 3.14. The van der Waals surface area contributed by atoms with E-state index < -0.39 is 0 Å². The summed E-state index contributed by atoms with van der Waals surface area (Å²) in [5.41, 5.74) is 0.793. The number of benzene rings is 1. The number of piperidine rings is 1. The van der Waals surface area contributed by atoms with Crippen LogP contribution in [0.25, 0.3) is 10.9 Å². The molecule has 2 aromatic heterocycles. The van der Waals surface area contributed by atoms with E-state index in [0.717, 1.165) is 36.7 Å². The fourth-order valence-electron chi connectivity index (χ4n) is 3.65. The monoisotopic (exact) mass is 412 g/mol. The Balaban J connectivity index is 1.32. The summed E-state index contributed by atoms with van der Waals surface area (Å²) in [6, 6.07) is 10.0. The van der Waals surface area contributed by atoms with Crippen molar-refractivity contribution >= 4 is 28.6 Å². The molecule has 29 heavy (non-hydrogen) atoms. The van der Waals surface area contributed by atoms with Crippen LogP contribution in [0.4, 0.5) is 0 Å². The average Bonchev–Trinajstić information content (AvgIpc) is 3.23. The van der Waals surface area contributed by atoms with Crippen LogP contribution in [0.3, 0.4) is 0 Å². The van der Waals surface area contributed by atoms with E-state index in [1.54, 1.807) is 6.20 Å². The van der Waals surface area contributed by atoms with Crippen LogP contribution in [0.5, 0.6) is 5.75 Å². The van der Waals surface area contributed by atoms with E-state index in [4.69, 9.17) is 9.15 Å². The van der Waals surface area contributed by atoms with Crippen molar-refractivity contribution in [2.24, 2.45) is 0 Å². The van der Waals surface area contributed by atoms with Crippen molar-refractivity contribution in [1.29, 1.82) is 0 Å². The van der Waals surface area contributed by atoms with Gasteiger partial charge in [-0.05, 0) is 37.8 Å². The van der Waals surface area contributed by atoms with Gasteiger partial charge in [0.25, 0.3) is 11.1 Å². The molecular weight excluding hydrogens is 388 g/mol. The first-order valence-electron chi connectivity index (χ1n) is 9.96. The first-order valence-corrected chi connectivity index (χ1v) is 10.9. The van der Waals surface area contributed by atoms with Crippen molar-refractivity contribution in [3.05, 3.63) is 42.4 Å². The maximum Gasteiger partial charge on any atom is 0.277 e. The predicted molar refractivity (Wildman–Crippen MR) is 111 cm³/mol. The number of para-hydroxylation sites is 1. The van der Waals surface area contributed by atoms with Gasteiger partial charge < -0.3 is 14.1 Å². The van der Waals surface area contributed by atoms with Gasteiger partial charge in [0.05, 0.1) is 5.75 Å². The van der Waals surface area contributed by atoms with Crippen LogP contribution in [-0.2, 0) is 11.4 Å². The number of amides is 1. The Morgan fingerprint density at radius 1 is 1.28 bits per heavy atom. The molecule has 1 amide bonds. The molecule has 0 saturated carbocycles. The van der Waals surface area contributed by atoms with Crippen molar-refractivity contribution in [3.8, 4) is 5.75 Å². The fourth-order valence-corrected chi connectivity index (χ4v) is 4.31. The highest BCUT2D eigenvalue weighted by molar-refractivity contribution is 7.99. The second kappa shape index (κ2) is 9.26. The minimum Gasteiger partial charge on any atom is -0.482 e. The van der Waals surface area contributed by atoms with Gasteiger partial charge in [-0.15, -0.1) is 10.2 Å². The Morgan fingerprint density at radius 2 is 2.17 bits per heavy atom. The highest BCUT2D eigenvalue weighted by Crippen LogP contribution is 2.25. The number of aromatic nitrogens is 3. The molecule has 1 unspecified atom stereocenters. The van der Waals surface area contributed by atoms with Gasteiger partial charge in [-0.1, -0.05) is 36.9 Å². The van der Waals surface area contributed by atoms with E-state index in [2.05, 4.69) is 22.1 Å². The van der Waals surface area contributed by atoms with Crippen LogP contribution in [0.2, 0.25) is 0 Å². The zero-order valence-electron chi connectivity index (χ0n) is 16.4. The van der Waals surface area contributed by atoms with E-state index in [0.29, 0.717) is 28.7 Å². The molecule has 152 valence electrons. The Labute approximate surface area is 173 Å². The van der Waals surface area contributed by atoms with Gasteiger partial charge in [-0.25, -0.2) is 0 Å². The molecule has 1 aromatic carbocycles. The molecule has 1 aliphatic heterocycles. The molecule has 0 radical (unpaired) electrons. The number of hydrogen-bond donors (Lipinski definition) is 0. The van der Waals surface area contributed by atoms with Crippen molar-refractivity contribution in [3.63, 3.8) is 0 Å². The summed E-state index contributed by atoms with van der Waals surface area (Å²) in [5.74, 6) is 1.49. The molecule has 1 fully saturated rings. The molecule has 7 nitrogen and oxygen atoms in total. The lowest BCUT2D eigenvalue weighted by atomic mass is 10.0. The normalized spacial score (nSPS) is 16.9.